The molecule has 2 rings (SSSR count). The second-order valence-corrected chi connectivity index (χ2v) is 4.09. The molecule has 1 aliphatic heterocycles. The Morgan fingerprint density at radius 2 is 2.00 bits per heavy atom. The van der Waals surface area contributed by atoms with E-state index < -0.39 is 0 Å². The number of hydrogen-bond acceptors (Lipinski definition) is 1. The van der Waals surface area contributed by atoms with Gasteiger partial charge in [-0.15, -0.1) is 0 Å². The third-order valence-corrected chi connectivity index (χ3v) is 2.82. The smallest absolute Gasteiger partial charge is 0.227 e. The van der Waals surface area contributed by atoms with Crippen LogP contribution in [0.4, 0.5) is 5.69 Å². The maximum Gasteiger partial charge on any atom is 0.227 e. The van der Waals surface area contributed by atoms with E-state index in [1.165, 1.54) is 5.56 Å². The van der Waals surface area contributed by atoms with Crippen molar-refractivity contribution in [2.45, 2.75) is 19.8 Å². The van der Waals surface area contributed by atoms with E-state index in [1.807, 2.05) is 25.2 Å². The summed E-state index contributed by atoms with van der Waals surface area (Å²) in [7, 11) is 1.86. The number of amides is 1. The van der Waals surface area contributed by atoms with E-state index in [9.17, 15) is 4.79 Å². The van der Waals surface area contributed by atoms with Crippen molar-refractivity contribution in [3.8, 4) is 0 Å². The Morgan fingerprint density at radius 3 is 2.79 bits per heavy atom. The first-order valence-electron chi connectivity index (χ1n) is 5.03. The van der Waals surface area contributed by atoms with Crippen molar-refractivity contribution in [3.05, 3.63) is 29.8 Å². The van der Waals surface area contributed by atoms with Crippen LogP contribution < -0.4 is 4.90 Å². The van der Waals surface area contributed by atoms with E-state index in [-0.39, 0.29) is 5.91 Å². The van der Waals surface area contributed by atoms with E-state index in [0.717, 1.165) is 12.1 Å². The summed E-state index contributed by atoms with van der Waals surface area (Å²) in [6.07, 6.45) is 1.66. The highest BCUT2D eigenvalue weighted by molar-refractivity contribution is 5.94. The molecule has 0 spiro atoms. The number of anilines is 1. The van der Waals surface area contributed by atoms with Gasteiger partial charge in [0.1, 0.15) is 0 Å². The monoisotopic (exact) mass is 189 g/mol. The minimum Gasteiger partial charge on any atom is -0.315 e. The van der Waals surface area contributed by atoms with Crippen molar-refractivity contribution in [3.63, 3.8) is 0 Å². The van der Waals surface area contributed by atoms with Gasteiger partial charge in [0.25, 0.3) is 0 Å². The van der Waals surface area contributed by atoms with E-state index in [2.05, 4.69) is 13.0 Å². The lowest BCUT2D eigenvalue weighted by molar-refractivity contribution is -0.118. The zero-order chi connectivity index (χ0) is 10.1. The van der Waals surface area contributed by atoms with Crippen molar-refractivity contribution in [2.75, 3.05) is 11.9 Å². The van der Waals surface area contributed by atoms with Gasteiger partial charge in [0.05, 0.1) is 0 Å². The Kier molecular flexibility index (Phi) is 2.28. The fourth-order valence-corrected chi connectivity index (χ4v) is 2.03. The molecule has 1 amide bonds. The molecule has 1 unspecified atom stereocenters. The predicted molar refractivity (Wildman–Crippen MR) is 57.3 cm³/mol. The number of carbonyl (C=O) groups is 1. The van der Waals surface area contributed by atoms with Gasteiger partial charge in [0.2, 0.25) is 5.91 Å². The largest absolute Gasteiger partial charge is 0.315 e. The van der Waals surface area contributed by atoms with Gasteiger partial charge in [-0.3, -0.25) is 4.79 Å². The molecule has 0 saturated carbocycles. The molecule has 2 heteroatoms. The first-order valence-corrected chi connectivity index (χ1v) is 5.03. The Hall–Kier alpha value is -1.31. The Morgan fingerprint density at radius 1 is 1.29 bits per heavy atom. The maximum absolute atomic E-state index is 11.7. The minimum atomic E-state index is 0.224. The lowest BCUT2D eigenvalue weighted by atomic mass is 9.99. The molecule has 1 aromatic carbocycles. The summed E-state index contributed by atoms with van der Waals surface area (Å²) in [6, 6.07) is 8.15. The number of nitrogens with zero attached hydrogens (tertiary/aromatic N) is 1. The van der Waals surface area contributed by atoms with Crippen LogP contribution in [-0.4, -0.2) is 13.0 Å². The second-order valence-electron chi connectivity index (χ2n) is 4.09. The normalized spacial score (nSPS) is 21.7. The summed E-state index contributed by atoms with van der Waals surface area (Å²) < 4.78 is 0. The number of hydrogen-bond donors (Lipinski definition) is 0. The third kappa shape index (κ3) is 1.52. The van der Waals surface area contributed by atoms with E-state index in [4.69, 9.17) is 0 Å². The van der Waals surface area contributed by atoms with Crippen LogP contribution in [0.1, 0.15) is 18.9 Å². The van der Waals surface area contributed by atoms with Crippen LogP contribution in [0.25, 0.3) is 0 Å². The van der Waals surface area contributed by atoms with Gasteiger partial charge in [-0.25, -0.2) is 0 Å². The average molecular weight is 189 g/mol. The van der Waals surface area contributed by atoms with Gasteiger partial charge < -0.3 is 4.90 Å². The number of rotatable bonds is 0. The summed E-state index contributed by atoms with van der Waals surface area (Å²) >= 11 is 0. The van der Waals surface area contributed by atoms with E-state index in [1.54, 1.807) is 4.90 Å². The molecule has 74 valence electrons. The summed E-state index contributed by atoms with van der Waals surface area (Å²) in [6.45, 7) is 2.13. The molecule has 2 nitrogen and oxygen atoms in total. The number of carbonyl (C=O) groups excluding carboxylic acids is 1. The van der Waals surface area contributed by atoms with Crippen molar-refractivity contribution < 1.29 is 4.79 Å². The van der Waals surface area contributed by atoms with Crippen molar-refractivity contribution in [2.24, 2.45) is 5.92 Å². The molecule has 14 heavy (non-hydrogen) atoms. The minimum absolute atomic E-state index is 0.224. The molecule has 0 aromatic heterocycles. The van der Waals surface area contributed by atoms with Crippen molar-refractivity contribution in [1.82, 2.24) is 0 Å². The molecule has 0 fully saturated rings. The molecular weight excluding hydrogens is 174 g/mol. The maximum atomic E-state index is 11.7. The first kappa shape index (κ1) is 9.25. The van der Waals surface area contributed by atoms with Gasteiger partial charge in [0.15, 0.2) is 0 Å². The van der Waals surface area contributed by atoms with Crippen LogP contribution in [0.3, 0.4) is 0 Å². The SMILES string of the molecule is CC1CC(=O)N(C)c2ccccc2C1. The van der Waals surface area contributed by atoms with E-state index in [0.29, 0.717) is 12.3 Å². The van der Waals surface area contributed by atoms with Gasteiger partial charge in [-0.2, -0.15) is 0 Å². The summed E-state index contributed by atoms with van der Waals surface area (Å²) in [5.41, 5.74) is 2.36. The standard InChI is InChI=1S/C12H15NO/c1-9-7-10-5-3-4-6-11(10)13(2)12(14)8-9/h3-6,9H,7-8H2,1-2H3. The highest BCUT2D eigenvalue weighted by atomic mass is 16.2. The molecule has 0 N–H and O–H groups in total. The highest BCUT2D eigenvalue weighted by Gasteiger charge is 2.22. The lowest BCUT2D eigenvalue weighted by Crippen LogP contribution is -2.25. The average Bonchev–Trinajstić information content (AvgIpc) is 2.26. The van der Waals surface area contributed by atoms with E-state index >= 15 is 0 Å². The Labute approximate surface area is 84.5 Å². The van der Waals surface area contributed by atoms with Crippen LogP contribution in [0.2, 0.25) is 0 Å². The molecule has 1 aliphatic rings. The van der Waals surface area contributed by atoms with Crippen LogP contribution in [0.5, 0.6) is 0 Å². The molecular formula is C12H15NO. The van der Waals surface area contributed by atoms with Gasteiger partial charge in [-0.05, 0) is 24.0 Å². The number of para-hydroxylation sites is 1. The Balaban J connectivity index is 2.46. The quantitative estimate of drug-likeness (QED) is 0.613. The number of fused-ring (bicyclic) bond motifs is 1. The summed E-state index contributed by atoms with van der Waals surface area (Å²) in [5, 5.41) is 0. The van der Waals surface area contributed by atoms with Crippen LogP contribution >= 0.6 is 0 Å². The zero-order valence-corrected chi connectivity index (χ0v) is 8.66. The zero-order valence-electron chi connectivity index (χ0n) is 8.66. The van der Waals surface area contributed by atoms with Crippen LogP contribution in [0, 0.1) is 5.92 Å². The van der Waals surface area contributed by atoms with Gasteiger partial charge in [-0.1, -0.05) is 25.1 Å². The molecule has 1 heterocycles. The summed E-state index contributed by atoms with van der Waals surface area (Å²) in [4.78, 5) is 13.5. The first-order chi connectivity index (χ1) is 6.68. The number of benzene rings is 1. The van der Waals surface area contributed by atoms with Crippen LogP contribution in [0.15, 0.2) is 24.3 Å². The molecule has 1 aromatic rings. The molecule has 1 atom stereocenters. The lowest BCUT2D eigenvalue weighted by Gasteiger charge is -2.16. The van der Waals surface area contributed by atoms with Crippen molar-refractivity contribution >= 4 is 11.6 Å². The fourth-order valence-electron chi connectivity index (χ4n) is 2.03. The van der Waals surface area contributed by atoms with Gasteiger partial charge >= 0.3 is 0 Å². The topological polar surface area (TPSA) is 20.3 Å². The molecule has 0 aliphatic carbocycles. The predicted octanol–water partition coefficient (Wildman–Crippen LogP) is 2.23. The molecule has 0 radical (unpaired) electrons. The summed E-state index contributed by atoms with van der Waals surface area (Å²) in [5.74, 6) is 0.677. The highest BCUT2D eigenvalue weighted by Crippen LogP contribution is 2.27. The molecule has 0 bridgehead atoms. The van der Waals surface area contributed by atoms with Crippen molar-refractivity contribution in [1.29, 1.82) is 0 Å². The fraction of sp³-hybridized carbons (Fsp3) is 0.417. The van der Waals surface area contributed by atoms with Crippen LogP contribution in [-0.2, 0) is 11.2 Å². The molecule has 0 saturated heterocycles. The second kappa shape index (κ2) is 3.45. The third-order valence-electron chi connectivity index (χ3n) is 2.82. The Bertz CT molecular complexity index is 359. The van der Waals surface area contributed by atoms with Gasteiger partial charge in [0, 0.05) is 19.2 Å².